The highest BCUT2D eigenvalue weighted by molar-refractivity contribution is 6.23. The number of nitrogens with one attached hydrogen (secondary N) is 1. The van der Waals surface area contributed by atoms with Gasteiger partial charge in [0.15, 0.2) is 0 Å². The Kier molecular flexibility index (Phi) is 3.63. The molecule has 3 rings (SSSR count). The lowest BCUT2D eigenvalue weighted by atomic mass is 10.2. The molecule has 2 amide bonds. The number of aryl methyl sites for hydroxylation is 1. The lowest BCUT2D eigenvalue weighted by Gasteiger charge is -2.16. The highest BCUT2D eigenvalue weighted by Gasteiger charge is 2.39. The van der Waals surface area contributed by atoms with Crippen molar-refractivity contribution in [3.8, 4) is 0 Å². The second kappa shape index (κ2) is 5.60. The molecule has 0 aromatic heterocycles. The molecule has 2 aromatic carbocycles. The van der Waals surface area contributed by atoms with Crippen molar-refractivity contribution in [3.63, 3.8) is 0 Å². The second-order valence-electron chi connectivity index (χ2n) is 5.31. The fraction of sp³-hybridized carbons (Fsp3) is 0.176. The van der Waals surface area contributed by atoms with Gasteiger partial charge in [-0.15, -0.1) is 0 Å². The van der Waals surface area contributed by atoms with E-state index >= 15 is 0 Å². The summed E-state index contributed by atoms with van der Waals surface area (Å²) >= 11 is 0. The monoisotopic (exact) mass is 298 g/mol. The SMILES string of the molecule is Cc1ccc(NC2CC(=O)N(c3ccc(F)cc3)C2=O)cc1. The standard InChI is InChI=1S/C17H15FN2O2/c1-11-2-6-13(7-3-11)19-15-10-16(21)20(17(15)22)14-8-4-12(18)5-9-14/h2-9,15,19H,10H2,1H3. The van der Waals surface area contributed by atoms with Crippen LogP contribution in [0.2, 0.25) is 0 Å². The van der Waals surface area contributed by atoms with Crippen molar-refractivity contribution in [1.82, 2.24) is 0 Å². The van der Waals surface area contributed by atoms with Gasteiger partial charge >= 0.3 is 0 Å². The molecule has 1 heterocycles. The average Bonchev–Trinajstić information content (AvgIpc) is 2.77. The van der Waals surface area contributed by atoms with E-state index in [-0.39, 0.29) is 18.2 Å². The van der Waals surface area contributed by atoms with E-state index in [0.717, 1.165) is 16.2 Å². The molecule has 5 heteroatoms. The summed E-state index contributed by atoms with van der Waals surface area (Å²) in [4.78, 5) is 25.6. The lowest BCUT2D eigenvalue weighted by Crippen LogP contribution is -2.34. The number of rotatable bonds is 3. The van der Waals surface area contributed by atoms with Gasteiger partial charge < -0.3 is 5.32 Å². The third-order valence-electron chi connectivity index (χ3n) is 3.62. The van der Waals surface area contributed by atoms with Crippen LogP contribution in [0.1, 0.15) is 12.0 Å². The first kappa shape index (κ1) is 14.3. The van der Waals surface area contributed by atoms with Gasteiger partial charge in [-0.2, -0.15) is 0 Å². The van der Waals surface area contributed by atoms with E-state index < -0.39 is 11.9 Å². The van der Waals surface area contributed by atoms with Gasteiger partial charge in [-0.1, -0.05) is 17.7 Å². The third kappa shape index (κ3) is 2.70. The molecule has 1 unspecified atom stereocenters. The van der Waals surface area contributed by atoms with Gasteiger partial charge in [-0.05, 0) is 43.3 Å². The van der Waals surface area contributed by atoms with Gasteiger partial charge in [0, 0.05) is 5.69 Å². The molecule has 112 valence electrons. The Morgan fingerprint density at radius 3 is 2.32 bits per heavy atom. The number of halogens is 1. The summed E-state index contributed by atoms with van der Waals surface area (Å²) in [7, 11) is 0. The maximum absolute atomic E-state index is 13.0. The maximum atomic E-state index is 13.0. The first-order chi connectivity index (χ1) is 10.5. The summed E-state index contributed by atoms with van der Waals surface area (Å²) in [5, 5.41) is 3.07. The first-order valence-electron chi connectivity index (χ1n) is 7.00. The normalized spacial score (nSPS) is 17.9. The minimum atomic E-state index is -0.597. The Morgan fingerprint density at radius 2 is 1.68 bits per heavy atom. The van der Waals surface area contributed by atoms with Crippen LogP contribution in [0.25, 0.3) is 0 Å². The fourth-order valence-corrected chi connectivity index (χ4v) is 2.46. The van der Waals surface area contributed by atoms with E-state index in [2.05, 4.69) is 5.32 Å². The predicted octanol–water partition coefficient (Wildman–Crippen LogP) is 2.88. The van der Waals surface area contributed by atoms with Crippen LogP contribution >= 0.6 is 0 Å². The Hall–Kier alpha value is -2.69. The number of nitrogens with zero attached hydrogens (tertiary/aromatic N) is 1. The van der Waals surface area contributed by atoms with Crippen LogP contribution < -0.4 is 10.2 Å². The van der Waals surface area contributed by atoms with E-state index in [1.54, 1.807) is 0 Å². The molecule has 22 heavy (non-hydrogen) atoms. The fourth-order valence-electron chi connectivity index (χ4n) is 2.46. The van der Waals surface area contributed by atoms with Crippen LogP contribution in [0.4, 0.5) is 15.8 Å². The Balaban J connectivity index is 1.79. The summed E-state index contributed by atoms with van der Waals surface area (Å²) in [5.74, 6) is -1.02. The van der Waals surface area contributed by atoms with Gasteiger partial charge in [0.2, 0.25) is 5.91 Å². The van der Waals surface area contributed by atoms with Gasteiger partial charge in [-0.25, -0.2) is 9.29 Å². The van der Waals surface area contributed by atoms with Crippen molar-refractivity contribution in [2.45, 2.75) is 19.4 Å². The molecule has 1 aliphatic heterocycles. The highest BCUT2D eigenvalue weighted by atomic mass is 19.1. The van der Waals surface area contributed by atoms with Crippen molar-refractivity contribution in [2.24, 2.45) is 0 Å². The summed E-state index contributed by atoms with van der Waals surface area (Å²) in [6.45, 7) is 1.98. The second-order valence-corrected chi connectivity index (χ2v) is 5.31. The smallest absolute Gasteiger partial charge is 0.256 e. The van der Waals surface area contributed by atoms with Crippen LogP contribution in [0.5, 0.6) is 0 Å². The van der Waals surface area contributed by atoms with Crippen LogP contribution in [-0.2, 0) is 9.59 Å². The summed E-state index contributed by atoms with van der Waals surface area (Å²) < 4.78 is 13.0. The molecule has 1 saturated heterocycles. The molecule has 0 spiro atoms. The van der Waals surface area contributed by atoms with E-state index in [0.29, 0.717) is 5.69 Å². The summed E-state index contributed by atoms with van der Waals surface area (Å²) in [6.07, 6.45) is 0.0874. The minimum absolute atomic E-state index is 0.0874. The molecule has 4 nitrogen and oxygen atoms in total. The number of imide groups is 1. The van der Waals surface area contributed by atoms with Crippen LogP contribution in [0, 0.1) is 12.7 Å². The third-order valence-corrected chi connectivity index (χ3v) is 3.62. The summed E-state index contributed by atoms with van der Waals surface area (Å²) in [6, 6.07) is 12.3. The summed E-state index contributed by atoms with van der Waals surface area (Å²) in [5.41, 5.74) is 2.30. The number of hydrogen-bond acceptors (Lipinski definition) is 3. The van der Waals surface area contributed by atoms with Gasteiger partial charge in [0.05, 0.1) is 12.1 Å². The van der Waals surface area contributed by atoms with Gasteiger partial charge in [-0.3, -0.25) is 9.59 Å². The highest BCUT2D eigenvalue weighted by Crippen LogP contribution is 2.25. The van der Waals surface area contributed by atoms with Crippen molar-refractivity contribution in [3.05, 3.63) is 59.9 Å². The molecule has 0 aliphatic carbocycles. The molecule has 1 atom stereocenters. The molecule has 1 fully saturated rings. The number of amides is 2. The van der Waals surface area contributed by atoms with Crippen LogP contribution in [0.15, 0.2) is 48.5 Å². The zero-order valence-corrected chi connectivity index (χ0v) is 12.0. The number of hydrogen-bond donors (Lipinski definition) is 1. The van der Waals surface area contributed by atoms with Crippen molar-refractivity contribution in [2.75, 3.05) is 10.2 Å². The topological polar surface area (TPSA) is 49.4 Å². The molecule has 0 bridgehead atoms. The largest absolute Gasteiger partial charge is 0.373 e. The number of carbonyl (C=O) groups excluding carboxylic acids is 2. The molecule has 0 radical (unpaired) electrons. The zero-order chi connectivity index (χ0) is 15.7. The van der Waals surface area contributed by atoms with Crippen molar-refractivity contribution in [1.29, 1.82) is 0 Å². The van der Waals surface area contributed by atoms with Crippen LogP contribution in [0.3, 0.4) is 0 Å². The Labute approximate surface area is 127 Å². The van der Waals surface area contributed by atoms with Gasteiger partial charge in [0.1, 0.15) is 11.9 Å². The Morgan fingerprint density at radius 1 is 1.05 bits per heavy atom. The Bertz CT molecular complexity index is 710. The van der Waals surface area contributed by atoms with E-state index in [1.165, 1.54) is 24.3 Å². The van der Waals surface area contributed by atoms with Gasteiger partial charge in [0.25, 0.3) is 5.91 Å². The molecular formula is C17H15FN2O2. The van der Waals surface area contributed by atoms with E-state index in [1.807, 2.05) is 31.2 Å². The molecule has 1 aliphatic rings. The van der Waals surface area contributed by atoms with Crippen molar-refractivity contribution >= 4 is 23.2 Å². The number of benzene rings is 2. The molecule has 0 saturated carbocycles. The number of carbonyl (C=O) groups is 2. The lowest BCUT2D eigenvalue weighted by molar-refractivity contribution is -0.121. The van der Waals surface area contributed by atoms with E-state index in [4.69, 9.17) is 0 Å². The predicted molar refractivity (Wildman–Crippen MR) is 82.1 cm³/mol. The quantitative estimate of drug-likeness (QED) is 0.886. The zero-order valence-electron chi connectivity index (χ0n) is 12.0. The minimum Gasteiger partial charge on any atom is -0.373 e. The van der Waals surface area contributed by atoms with Crippen molar-refractivity contribution < 1.29 is 14.0 Å². The maximum Gasteiger partial charge on any atom is 0.256 e. The van der Waals surface area contributed by atoms with E-state index in [9.17, 15) is 14.0 Å². The molecule has 1 N–H and O–H groups in total. The molecular weight excluding hydrogens is 283 g/mol. The average molecular weight is 298 g/mol. The number of anilines is 2. The molecule has 2 aromatic rings. The first-order valence-corrected chi connectivity index (χ1v) is 7.00. The van der Waals surface area contributed by atoms with Crippen LogP contribution in [-0.4, -0.2) is 17.9 Å².